The molecule has 114 valence electrons. The summed E-state index contributed by atoms with van der Waals surface area (Å²) < 4.78 is 7.33. The van der Waals surface area contributed by atoms with Crippen molar-refractivity contribution < 1.29 is 26.5 Å². The first-order valence-corrected chi connectivity index (χ1v) is 6.73. The Balaban J connectivity index is 0.00000220. The van der Waals surface area contributed by atoms with E-state index in [1.807, 2.05) is 48.0 Å². The molecule has 0 fully saturated rings. The third kappa shape index (κ3) is 3.98. The van der Waals surface area contributed by atoms with Crippen molar-refractivity contribution in [3.8, 4) is 11.5 Å². The summed E-state index contributed by atoms with van der Waals surface area (Å²) in [6.45, 7) is 5.59. The van der Waals surface area contributed by atoms with Gasteiger partial charge in [-0.15, -0.1) is 0 Å². The van der Waals surface area contributed by atoms with Gasteiger partial charge in [0.25, 0.3) is 0 Å². The van der Waals surface area contributed by atoms with Crippen LogP contribution in [0.15, 0.2) is 42.7 Å². The Bertz CT molecular complexity index is 566. The zero-order chi connectivity index (χ0) is 14.4. The van der Waals surface area contributed by atoms with Gasteiger partial charge in [-0.25, -0.2) is 4.57 Å². The maximum absolute atomic E-state index is 5.94. The first kappa shape index (κ1) is 17.0. The molecule has 1 heterocycles. The van der Waals surface area contributed by atoms with Crippen LogP contribution in [0, 0.1) is 0 Å². The topological polar surface area (TPSA) is 38.5 Å². The summed E-state index contributed by atoms with van der Waals surface area (Å²) in [7, 11) is 1.63. The summed E-state index contributed by atoms with van der Waals surface area (Å²) >= 11 is 0. The maximum atomic E-state index is 5.94. The van der Waals surface area contributed by atoms with Crippen molar-refractivity contribution in [3.05, 3.63) is 42.7 Å². The Hall–Kier alpha value is -2.01. The van der Waals surface area contributed by atoms with Gasteiger partial charge in [-0.2, -0.15) is 0 Å². The van der Waals surface area contributed by atoms with E-state index in [0.29, 0.717) is 18.0 Å². The molecule has 5 nitrogen and oxygen atoms in total. The van der Waals surface area contributed by atoms with Crippen molar-refractivity contribution in [2.75, 3.05) is 18.7 Å². The van der Waals surface area contributed by atoms with Crippen LogP contribution in [0.1, 0.15) is 13.8 Å². The van der Waals surface area contributed by atoms with Crippen molar-refractivity contribution in [2.45, 2.75) is 20.4 Å². The van der Waals surface area contributed by atoms with Crippen LogP contribution in [0.2, 0.25) is 0 Å². The fourth-order valence-corrected chi connectivity index (χ4v) is 1.91. The predicted octanol–water partition coefficient (Wildman–Crippen LogP) is -0.778. The first-order valence-electron chi connectivity index (χ1n) is 6.73. The van der Waals surface area contributed by atoms with Crippen molar-refractivity contribution in [1.29, 1.82) is 0 Å². The lowest BCUT2D eigenvalue weighted by Gasteiger charge is -2.17. The fraction of sp³-hybridized carbons (Fsp3) is 0.333. The van der Waals surface area contributed by atoms with Crippen LogP contribution in [0.25, 0.3) is 0 Å². The third-order valence-electron chi connectivity index (χ3n) is 2.93. The van der Waals surface area contributed by atoms with E-state index in [0.717, 1.165) is 12.5 Å². The van der Waals surface area contributed by atoms with Crippen molar-refractivity contribution in [2.24, 2.45) is 0 Å². The van der Waals surface area contributed by atoms with Gasteiger partial charge in [-0.3, -0.25) is 0 Å². The van der Waals surface area contributed by atoms with Crippen molar-refractivity contribution >= 4 is 5.95 Å². The Morgan fingerprint density at radius 3 is 2.48 bits per heavy atom. The number of nitrogens with zero attached hydrogens (tertiary/aromatic N) is 3. The summed E-state index contributed by atoms with van der Waals surface area (Å²) in [6.07, 6.45) is 3.74. The minimum atomic E-state index is 0. The Labute approximate surface area is 131 Å². The number of hydrogen-bond donors (Lipinski definition) is 0. The number of hydroxylamine groups is 1. The highest BCUT2D eigenvalue weighted by Crippen LogP contribution is 2.27. The number of aryl methyl sites for hydroxylation is 1. The highest BCUT2D eigenvalue weighted by atomic mass is 35.5. The lowest BCUT2D eigenvalue weighted by Crippen LogP contribution is -3.00. The molecule has 0 spiro atoms. The van der Waals surface area contributed by atoms with Crippen LogP contribution in [0.3, 0.4) is 0 Å². The van der Waals surface area contributed by atoms with Crippen LogP contribution in [-0.2, 0) is 6.54 Å². The minimum Gasteiger partial charge on any atom is -1.00 e. The number of hydrogen-bond acceptors (Lipinski definition) is 4. The average Bonchev–Trinajstić information content (AvgIpc) is 2.53. The SMILES string of the molecule is CCN(Oc1ccccc1OC)c1nccc[n+]1CC.[Cl-]. The van der Waals surface area contributed by atoms with Gasteiger partial charge >= 0.3 is 5.95 Å². The number of aromatic nitrogens is 2. The zero-order valence-electron chi connectivity index (χ0n) is 12.5. The van der Waals surface area contributed by atoms with Gasteiger partial charge in [-0.05, 0) is 26.0 Å². The zero-order valence-corrected chi connectivity index (χ0v) is 13.2. The Kier molecular flexibility index (Phi) is 6.75. The van der Waals surface area contributed by atoms with E-state index >= 15 is 0 Å². The average molecular weight is 310 g/mol. The molecule has 0 aliphatic rings. The quantitative estimate of drug-likeness (QED) is 0.518. The van der Waals surface area contributed by atoms with E-state index in [1.54, 1.807) is 18.4 Å². The normalized spacial score (nSPS) is 9.67. The maximum Gasteiger partial charge on any atom is 0.430 e. The summed E-state index contributed by atoms with van der Waals surface area (Å²) in [5, 5.41) is 1.75. The number of ether oxygens (including phenoxy) is 1. The largest absolute Gasteiger partial charge is 1.00 e. The molecule has 2 aromatic rings. The number of rotatable bonds is 6. The summed E-state index contributed by atoms with van der Waals surface area (Å²) in [4.78, 5) is 10.3. The lowest BCUT2D eigenvalue weighted by molar-refractivity contribution is -0.685. The van der Waals surface area contributed by atoms with Gasteiger partial charge in [0.15, 0.2) is 5.75 Å². The number of benzene rings is 1. The van der Waals surface area contributed by atoms with E-state index < -0.39 is 0 Å². The van der Waals surface area contributed by atoms with Gasteiger partial charge < -0.3 is 22.0 Å². The Morgan fingerprint density at radius 1 is 1.14 bits per heavy atom. The summed E-state index contributed by atoms with van der Waals surface area (Å²) in [5.41, 5.74) is 0. The Morgan fingerprint density at radius 2 is 1.86 bits per heavy atom. The number of para-hydroxylation sites is 2. The molecule has 0 N–H and O–H groups in total. The van der Waals surface area contributed by atoms with E-state index in [2.05, 4.69) is 11.9 Å². The second kappa shape index (κ2) is 8.32. The second-order valence-electron chi connectivity index (χ2n) is 4.14. The molecule has 0 radical (unpaired) electrons. The molecular weight excluding hydrogens is 290 g/mol. The number of halogens is 1. The second-order valence-corrected chi connectivity index (χ2v) is 4.14. The number of methoxy groups -OCH3 is 1. The smallest absolute Gasteiger partial charge is 0.430 e. The van der Waals surface area contributed by atoms with Gasteiger partial charge in [0, 0.05) is 6.07 Å². The van der Waals surface area contributed by atoms with Crippen LogP contribution >= 0.6 is 0 Å². The molecule has 0 saturated carbocycles. The van der Waals surface area contributed by atoms with Crippen LogP contribution < -0.4 is 31.6 Å². The number of anilines is 1. The molecule has 0 saturated heterocycles. The van der Waals surface area contributed by atoms with E-state index in [9.17, 15) is 0 Å². The summed E-state index contributed by atoms with van der Waals surface area (Å²) in [6, 6.07) is 9.48. The molecule has 0 atom stereocenters. The molecule has 1 aromatic carbocycles. The molecule has 0 aliphatic carbocycles. The highest BCUT2D eigenvalue weighted by Gasteiger charge is 2.22. The predicted molar refractivity (Wildman–Crippen MR) is 76.7 cm³/mol. The van der Waals surface area contributed by atoms with E-state index in [1.165, 1.54) is 0 Å². The van der Waals surface area contributed by atoms with Crippen LogP contribution in [0.4, 0.5) is 5.95 Å². The molecule has 0 aliphatic heterocycles. The fourth-order valence-electron chi connectivity index (χ4n) is 1.91. The van der Waals surface area contributed by atoms with Crippen molar-refractivity contribution in [3.63, 3.8) is 0 Å². The van der Waals surface area contributed by atoms with Gasteiger partial charge in [-0.1, -0.05) is 22.2 Å². The van der Waals surface area contributed by atoms with Crippen LogP contribution in [0.5, 0.6) is 11.5 Å². The van der Waals surface area contributed by atoms with Gasteiger partial charge in [0.2, 0.25) is 5.75 Å². The monoisotopic (exact) mass is 309 g/mol. The van der Waals surface area contributed by atoms with E-state index in [-0.39, 0.29) is 12.4 Å². The van der Waals surface area contributed by atoms with Crippen LogP contribution in [-0.4, -0.2) is 18.6 Å². The third-order valence-corrected chi connectivity index (χ3v) is 2.93. The molecule has 6 heteroatoms. The molecule has 0 amide bonds. The molecule has 0 bridgehead atoms. The van der Waals surface area contributed by atoms with Gasteiger partial charge in [0.1, 0.15) is 12.7 Å². The molecule has 0 unspecified atom stereocenters. The highest BCUT2D eigenvalue weighted by molar-refractivity contribution is 5.40. The molecular formula is C15H20ClN3O2. The first-order chi connectivity index (χ1) is 9.80. The molecule has 1 aromatic heterocycles. The molecule has 21 heavy (non-hydrogen) atoms. The lowest BCUT2D eigenvalue weighted by atomic mass is 10.3. The van der Waals surface area contributed by atoms with Crippen molar-refractivity contribution in [1.82, 2.24) is 4.98 Å². The standard InChI is InChI=1S/C15H20N3O2.ClH/c1-4-17-12-8-11-16-15(17)18(5-2)20-14-10-7-6-9-13(14)19-3;/h6-12H,4-5H2,1-3H3;1H/q+1;/p-1. The minimum absolute atomic E-state index is 0. The summed E-state index contributed by atoms with van der Waals surface area (Å²) in [5.74, 6) is 2.14. The molecule has 2 rings (SSSR count). The van der Waals surface area contributed by atoms with Gasteiger partial charge in [0.05, 0.1) is 19.9 Å². The van der Waals surface area contributed by atoms with E-state index in [4.69, 9.17) is 9.57 Å².